The summed E-state index contributed by atoms with van der Waals surface area (Å²) in [6, 6.07) is -0.919. The van der Waals surface area contributed by atoms with Gasteiger partial charge in [0.25, 0.3) is 5.16 Å². The Hall–Kier alpha value is -1.06. The molecule has 86 valence electrons. The zero-order valence-electron chi connectivity index (χ0n) is 8.12. The fourth-order valence-corrected chi connectivity index (χ4v) is 1.60. The van der Waals surface area contributed by atoms with E-state index in [4.69, 9.17) is 10.8 Å². The van der Waals surface area contributed by atoms with Crippen LogP contribution >= 0.6 is 0 Å². The molecule has 0 amide bonds. The summed E-state index contributed by atoms with van der Waals surface area (Å²) in [4.78, 5) is 0. The molecule has 0 aliphatic rings. The summed E-state index contributed by atoms with van der Waals surface area (Å²) in [7, 11) is -3.67. The van der Waals surface area contributed by atoms with E-state index in [0.717, 1.165) is 4.57 Å². The Morgan fingerprint density at radius 2 is 2.07 bits per heavy atom. The zero-order valence-corrected chi connectivity index (χ0v) is 8.94. The number of halogens is 1. The van der Waals surface area contributed by atoms with E-state index in [-0.39, 0.29) is 5.82 Å². The number of nitrogens with zero attached hydrogens (tertiary/aromatic N) is 3. The van der Waals surface area contributed by atoms with Gasteiger partial charge in [-0.25, -0.2) is 0 Å². The third kappa shape index (κ3) is 2.30. The molecule has 1 heterocycles. The average Bonchev–Trinajstić information content (AvgIpc) is 2.44. The molecule has 0 radical (unpaired) electrons. The van der Waals surface area contributed by atoms with E-state index in [1.54, 1.807) is 0 Å². The quantitative estimate of drug-likeness (QED) is 0.643. The van der Waals surface area contributed by atoms with Crippen molar-refractivity contribution in [3.05, 3.63) is 5.82 Å². The van der Waals surface area contributed by atoms with Gasteiger partial charge in [0.05, 0.1) is 12.1 Å². The van der Waals surface area contributed by atoms with Crippen LogP contribution in [0.5, 0.6) is 0 Å². The Labute approximate surface area is 85.9 Å². The van der Waals surface area contributed by atoms with Crippen molar-refractivity contribution < 1.29 is 17.4 Å². The second kappa shape index (κ2) is 3.83. The van der Waals surface area contributed by atoms with Crippen LogP contribution in [-0.2, 0) is 17.3 Å². The van der Waals surface area contributed by atoms with Crippen molar-refractivity contribution in [2.75, 3.05) is 0 Å². The smallest absolute Gasteiger partial charge is 0.368 e. The Balaban J connectivity index is 3.22. The molecule has 1 aromatic heterocycles. The monoisotopic (exact) mass is 238 g/mol. The highest BCUT2D eigenvalue weighted by molar-refractivity contribution is 7.86. The highest BCUT2D eigenvalue weighted by Gasteiger charge is 2.26. The van der Waals surface area contributed by atoms with Crippen molar-refractivity contribution in [1.29, 1.82) is 0 Å². The molecular weight excluding hydrogens is 227 g/mol. The number of rotatable bonds is 3. The van der Waals surface area contributed by atoms with E-state index < -0.39 is 27.5 Å². The lowest BCUT2D eigenvalue weighted by atomic mass is 10.2. The number of hydrogen-bond acceptors (Lipinski definition) is 6. The molecule has 0 spiro atoms. The maximum absolute atomic E-state index is 12.6. The van der Waals surface area contributed by atoms with Crippen molar-refractivity contribution in [2.45, 2.75) is 24.2 Å². The standard InChI is InChI=1S/C6H11FN4O3S/c1-3(12)4(8)5-9-10-6(11(5)2)15(7,13)14/h3-4,12H,8H2,1-2H3/t3-,4-/m0/s1. The summed E-state index contributed by atoms with van der Waals surface area (Å²) in [5, 5.41) is 14.9. The SMILES string of the molecule is C[C@H](O)[C@H](N)c1nnc(S(=O)(=O)F)n1C. The maximum atomic E-state index is 12.6. The second-order valence-corrected chi connectivity index (χ2v) is 4.34. The van der Waals surface area contributed by atoms with Crippen LogP contribution < -0.4 is 5.73 Å². The first-order valence-electron chi connectivity index (χ1n) is 4.02. The van der Waals surface area contributed by atoms with Gasteiger partial charge in [0.1, 0.15) is 0 Å². The predicted octanol–water partition coefficient (Wildman–Crippen LogP) is -1.15. The van der Waals surface area contributed by atoms with Crippen LogP contribution in [0, 0.1) is 0 Å². The summed E-state index contributed by atoms with van der Waals surface area (Å²) in [6.07, 6.45) is -0.942. The van der Waals surface area contributed by atoms with E-state index in [1.165, 1.54) is 14.0 Å². The van der Waals surface area contributed by atoms with Gasteiger partial charge in [-0.15, -0.1) is 10.2 Å². The number of aliphatic hydroxyl groups is 1. The van der Waals surface area contributed by atoms with E-state index in [1.807, 2.05) is 0 Å². The van der Waals surface area contributed by atoms with Crippen molar-refractivity contribution in [3.8, 4) is 0 Å². The van der Waals surface area contributed by atoms with Gasteiger partial charge in [0.2, 0.25) is 0 Å². The lowest BCUT2D eigenvalue weighted by Gasteiger charge is -2.13. The Bertz CT molecular complexity index is 455. The molecule has 0 aliphatic heterocycles. The van der Waals surface area contributed by atoms with Gasteiger partial charge in [-0.1, -0.05) is 3.89 Å². The molecule has 0 unspecified atom stereocenters. The minimum absolute atomic E-state index is 0.00113. The molecule has 9 heteroatoms. The third-order valence-electron chi connectivity index (χ3n) is 1.90. The zero-order chi connectivity index (χ0) is 11.8. The molecule has 0 saturated carbocycles. The lowest BCUT2D eigenvalue weighted by Crippen LogP contribution is -2.26. The van der Waals surface area contributed by atoms with E-state index in [0.29, 0.717) is 0 Å². The molecule has 7 nitrogen and oxygen atoms in total. The van der Waals surface area contributed by atoms with Crippen LogP contribution in [0.2, 0.25) is 0 Å². The van der Waals surface area contributed by atoms with Crippen molar-refractivity contribution in [1.82, 2.24) is 14.8 Å². The minimum atomic E-state index is -4.92. The minimum Gasteiger partial charge on any atom is -0.391 e. The van der Waals surface area contributed by atoms with E-state index in [2.05, 4.69) is 10.2 Å². The molecule has 1 aromatic rings. The Morgan fingerprint density at radius 1 is 1.53 bits per heavy atom. The third-order valence-corrected chi connectivity index (χ3v) is 2.70. The first-order valence-corrected chi connectivity index (χ1v) is 5.41. The van der Waals surface area contributed by atoms with Crippen molar-refractivity contribution in [2.24, 2.45) is 12.8 Å². The highest BCUT2D eigenvalue weighted by atomic mass is 32.3. The average molecular weight is 238 g/mol. The first kappa shape index (κ1) is 12.0. The van der Waals surface area contributed by atoms with E-state index in [9.17, 15) is 12.3 Å². The number of hydrogen-bond donors (Lipinski definition) is 2. The van der Waals surface area contributed by atoms with Gasteiger partial charge < -0.3 is 15.4 Å². The van der Waals surface area contributed by atoms with Gasteiger partial charge in [-0.2, -0.15) is 8.42 Å². The Kier molecular flexibility index (Phi) is 3.07. The first-order chi connectivity index (χ1) is 6.75. The molecule has 15 heavy (non-hydrogen) atoms. The van der Waals surface area contributed by atoms with Gasteiger partial charge in [-0.05, 0) is 6.92 Å². The molecule has 2 atom stereocenters. The summed E-state index contributed by atoms with van der Waals surface area (Å²) in [5.74, 6) is 0.00113. The van der Waals surface area contributed by atoms with Gasteiger partial charge >= 0.3 is 10.2 Å². The molecule has 0 bridgehead atoms. The van der Waals surface area contributed by atoms with Crippen LogP contribution in [0.1, 0.15) is 18.8 Å². The second-order valence-electron chi connectivity index (χ2n) is 3.10. The van der Waals surface area contributed by atoms with Crippen molar-refractivity contribution in [3.63, 3.8) is 0 Å². The Morgan fingerprint density at radius 3 is 2.40 bits per heavy atom. The predicted molar refractivity (Wildman–Crippen MR) is 47.9 cm³/mol. The van der Waals surface area contributed by atoms with Crippen LogP contribution in [0.4, 0.5) is 3.89 Å². The molecule has 0 aliphatic carbocycles. The number of aliphatic hydroxyl groups excluding tert-OH is 1. The highest BCUT2D eigenvalue weighted by Crippen LogP contribution is 2.15. The fourth-order valence-electron chi connectivity index (χ4n) is 1.04. The summed E-state index contributed by atoms with van der Waals surface area (Å²) in [6.45, 7) is 1.41. The summed E-state index contributed by atoms with van der Waals surface area (Å²) >= 11 is 0. The molecule has 0 fully saturated rings. The summed E-state index contributed by atoms with van der Waals surface area (Å²) < 4.78 is 34.6. The molecule has 0 saturated heterocycles. The largest absolute Gasteiger partial charge is 0.391 e. The van der Waals surface area contributed by atoms with Gasteiger partial charge in [0.15, 0.2) is 5.82 Å². The van der Waals surface area contributed by atoms with Crippen molar-refractivity contribution >= 4 is 10.2 Å². The van der Waals surface area contributed by atoms with Crippen LogP contribution in [0.15, 0.2) is 5.16 Å². The number of nitrogens with two attached hydrogens (primary N) is 1. The lowest BCUT2D eigenvalue weighted by molar-refractivity contribution is 0.159. The molecule has 3 N–H and O–H groups in total. The molecule has 0 aromatic carbocycles. The molecule has 1 rings (SSSR count). The topological polar surface area (TPSA) is 111 Å². The summed E-state index contributed by atoms with van der Waals surface area (Å²) in [5.41, 5.74) is 5.50. The normalized spacial score (nSPS) is 16.3. The fraction of sp³-hybridized carbons (Fsp3) is 0.667. The van der Waals surface area contributed by atoms with Crippen LogP contribution in [-0.4, -0.2) is 34.4 Å². The maximum Gasteiger partial charge on any atom is 0.368 e. The van der Waals surface area contributed by atoms with Gasteiger partial charge in [-0.3, -0.25) is 0 Å². The van der Waals surface area contributed by atoms with Gasteiger partial charge in [0, 0.05) is 7.05 Å². The van der Waals surface area contributed by atoms with E-state index >= 15 is 0 Å². The number of aromatic nitrogens is 3. The van der Waals surface area contributed by atoms with Crippen LogP contribution in [0.25, 0.3) is 0 Å². The van der Waals surface area contributed by atoms with Crippen LogP contribution in [0.3, 0.4) is 0 Å². The molecular formula is C6H11FN4O3S.